The van der Waals surface area contributed by atoms with Crippen LogP contribution in [0.4, 0.5) is 0 Å². The lowest BCUT2D eigenvalue weighted by Crippen LogP contribution is -2.05. The second-order valence-electron chi connectivity index (χ2n) is 5.25. The minimum atomic E-state index is 0.865. The van der Waals surface area contributed by atoms with Crippen LogP contribution in [0.1, 0.15) is 51.8 Å². The monoisotopic (exact) mass is 271 g/mol. The highest BCUT2D eigenvalue weighted by molar-refractivity contribution is 5.53. The van der Waals surface area contributed by atoms with Gasteiger partial charge in [0.25, 0.3) is 0 Å². The van der Waals surface area contributed by atoms with Crippen LogP contribution in [0.15, 0.2) is 30.3 Å². The molecule has 0 aliphatic carbocycles. The summed E-state index contributed by atoms with van der Waals surface area (Å²) in [7, 11) is 0. The van der Waals surface area contributed by atoms with Crippen LogP contribution in [0.25, 0.3) is 11.4 Å². The van der Waals surface area contributed by atoms with E-state index in [2.05, 4.69) is 30.7 Å². The van der Waals surface area contributed by atoms with E-state index >= 15 is 0 Å². The average molecular weight is 271 g/mol. The molecule has 0 radical (unpaired) electrons. The van der Waals surface area contributed by atoms with Crippen LogP contribution in [0.2, 0.25) is 0 Å². The molecule has 20 heavy (non-hydrogen) atoms. The van der Waals surface area contributed by atoms with Gasteiger partial charge in [0.1, 0.15) is 5.82 Å². The van der Waals surface area contributed by atoms with Gasteiger partial charge < -0.3 is 0 Å². The lowest BCUT2D eigenvalue weighted by molar-refractivity contribution is 0.519. The molecule has 1 aromatic heterocycles. The summed E-state index contributed by atoms with van der Waals surface area (Å²) < 4.78 is 2.11. The summed E-state index contributed by atoms with van der Waals surface area (Å²) in [5.41, 5.74) is 1.11. The van der Waals surface area contributed by atoms with Gasteiger partial charge in [-0.15, -0.1) is 0 Å². The predicted octanol–water partition coefficient (Wildman–Crippen LogP) is 4.48. The molecule has 0 aliphatic rings. The molecule has 0 bridgehead atoms. The van der Waals surface area contributed by atoms with Crippen molar-refractivity contribution in [2.24, 2.45) is 0 Å². The van der Waals surface area contributed by atoms with Gasteiger partial charge in [-0.25, -0.2) is 9.67 Å². The third kappa shape index (κ3) is 3.92. The van der Waals surface area contributed by atoms with E-state index in [-0.39, 0.29) is 0 Å². The zero-order valence-electron chi connectivity index (χ0n) is 12.7. The Morgan fingerprint density at radius 2 is 1.75 bits per heavy atom. The molecule has 0 aliphatic heterocycles. The van der Waals surface area contributed by atoms with Crippen molar-refractivity contribution >= 4 is 0 Å². The van der Waals surface area contributed by atoms with Gasteiger partial charge in [0, 0.05) is 18.5 Å². The minimum absolute atomic E-state index is 0.865. The van der Waals surface area contributed by atoms with Crippen LogP contribution in [0.3, 0.4) is 0 Å². The van der Waals surface area contributed by atoms with Crippen molar-refractivity contribution in [2.45, 2.75) is 58.9 Å². The van der Waals surface area contributed by atoms with Crippen molar-refractivity contribution in [1.29, 1.82) is 0 Å². The Kier molecular flexibility index (Phi) is 5.78. The molecule has 0 saturated heterocycles. The first-order valence-electron chi connectivity index (χ1n) is 7.84. The molecular weight excluding hydrogens is 246 g/mol. The molecule has 1 heterocycles. The third-order valence-corrected chi connectivity index (χ3v) is 3.48. The Morgan fingerprint density at radius 1 is 0.950 bits per heavy atom. The van der Waals surface area contributed by atoms with E-state index in [1.165, 1.54) is 25.7 Å². The largest absolute Gasteiger partial charge is 0.249 e. The number of benzene rings is 1. The molecule has 2 rings (SSSR count). The van der Waals surface area contributed by atoms with Crippen molar-refractivity contribution in [3.05, 3.63) is 36.2 Å². The Bertz CT molecular complexity index is 502. The molecule has 0 atom stereocenters. The second-order valence-corrected chi connectivity index (χ2v) is 5.25. The van der Waals surface area contributed by atoms with Crippen LogP contribution < -0.4 is 0 Å². The van der Waals surface area contributed by atoms with Crippen molar-refractivity contribution in [3.8, 4) is 11.4 Å². The van der Waals surface area contributed by atoms with E-state index in [1.54, 1.807) is 0 Å². The molecule has 0 fully saturated rings. The summed E-state index contributed by atoms with van der Waals surface area (Å²) >= 11 is 0. The fourth-order valence-corrected chi connectivity index (χ4v) is 2.36. The first-order valence-corrected chi connectivity index (χ1v) is 7.84. The standard InChI is InChI=1S/C17H25N3/c1-3-5-6-10-14-20-16(11-4-2)18-17(19-20)15-12-8-7-9-13-15/h7-9,12-13H,3-6,10-11,14H2,1-2H3. The quantitative estimate of drug-likeness (QED) is 0.663. The highest BCUT2D eigenvalue weighted by atomic mass is 15.3. The molecule has 3 nitrogen and oxygen atoms in total. The summed E-state index contributed by atoms with van der Waals surface area (Å²) in [5.74, 6) is 1.99. The minimum Gasteiger partial charge on any atom is -0.249 e. The highest BCUT2D eigenvalue weighted by Crippen LogP contribution is 2.16. The molecule has 0 unspecified atom stereocenters. The summed E-state index contributed by atoms with van der Waals surface area (Å²) in [6.45, 7) is 5.43. The van der Waals surface area contributed by atoms with Crippen LogP contribution in [0.5, 0.6) is 0 Å². The van der Waals surface area contributed by atoms with Crippen LogP contribution in [-0.4, -0.2) is 14.8 Å². The fourth-order valence-electron chi connectivity index (χ4n) is 2.36. The van der Waals surface area contributed by atoms with E-state index in [0.717, 1.165) is 36.6 Å². The van der Waals surface area contributed by atoms with E-state index in [4.69, 9.17) is 10.1 Å². The first kappa shape index (κ1) is 14.8. The van der Waals surface area contributed by atoms with Crippen molar-refractivity contribution in [2.75, 3.05) is 0 Å². The summed E-state index contributed by atoms with van der Waals surface area (Å²) in [6, 6.07) is 10.3. The molecule has 3 heteroatoms. The summed E-state index contributed by atoms with van der Waals surface area (Å²) in [6.07, 6.45) is 7.18. The maximum atomic E-state index is 4.72. The molecule has 0 spiro atoms. The Balaban J connectivity index is 2.11. The second kappa shape index (κ2) is 7.83. The van der Waals surface area contributed by atoms with E-state index < -0.39 is 0 Å². The van der Waals surface area contributed by atoms with Gasteiger partial charge in [-0.05, 0) is 12.8 Å². The maximum Gasteiger partial charge on any atom is 0.181 e. The Labute approximate surface area is 122 Å². The lowest BCUT2D eigenvalue weighted by Gasteiger charge is -2.04. The zero-order valence-corrected chi connectivity index (χ0v) is 12.7. The molecule has 0 N–H and O–H groups in total. The van der Waals surface area contributed by atoms with Crippen molar-refractivity contribution in [3.63, 3.8) is 0 Å². The molecule has 0 saturated carbocycles. The molecule has 1 aromatic carbocycles. The number of hydrogen-bond acceptors (Lipinski definition) is 2. The smallest absolute Gasteiger partial charge is 0.181 e. The van der Waals surface area contributed by atoms with Crippen LogP contribution >= 0.6 is 0 Å². The van der Waals surface area contributed by atoms with Gasteiger partial charge in [-0.3, -0.25) is 0 Å². The number of nitrogens with zero attached hydrogens (tertiary/aromatic N) is 3. The predicted molar refractivity (Wildman–Crippen MR) is 83.6 cm³/mol. The van der Waals surface area contributed by atoms with E-state index in [0.29, 0.717) is 0 Å². The van der Waals surface area contributed by atoms with Gasteiger partial charge >= 0.3 is 0 Å². The molecule has 108 valence electrons. The first-order chi connectivity index (χ1) is 9.85. The van der Waals surface area contributed by atoms with Crippen molar-refractivity contribution < 1.29 is 0 Å². The molecule has 0 amide bonds. The van der Waals surface area contributed by atoms with Gasteiger partial charge in [0.15, 0.2) is 5.82 Å². The van der Waals surface area contributed by atoms with Gasteiger partial charge in [0.05, 0.1) is 0 Å². The number of aryl methyl sites for hydroxylation is 2. The topological polar surface area (TPSA) is 30.7 Å². The maximum absolute atomic E-state index is 4.72. The molecule has 2 aromatic rings. The zero-order chi connectivity index (χ0) is 14.2. The van der Waals surface area contributed by atoms with Gasteiger partial charge in [-0.2, -0.15) is 5.10 Å². The Hall–Kier alpha value is -1.64. The normalized spacial score (nSPS) is 10.9. The van der Waals surface area contributed by atoms with Crippen LogP contribution in [0, 0.1) is 0 Å². The highest BCUT2D eigenvalue weighted by Gasteiger charge is 2.10. The SMILES string of the molecule is CCCCCCn1nc(-c2ccccc2)nc1CCC. The van der Waals surface area contributed by atoms with Gasteiger partial charge in [0.2, 0.25) is 0 Å². The molecular formula is C17H25N3. The third-order valence-electron chi connectivity index (χ3n) is 3.48. The number of hydrogen-bond donors (Lipinski definition) is 0. The van der Waals surface area contributed by atoms with E-state index in [9.17, 15) is 0 Å². The Morgan fingerprint density at radius 3 is 2.45 bits per heavy atom. The van der Waals surface area contributed by atoms with E-state index in [1.807, 2.05) is 18.2 Å². The summed E-state index contributed by atoms with van der Waals surface area (Å²) in [4.78, 5) is 4.72. The average Bonchev–Trinajstić information content (AvgIpc) is 2.88. The number of aromatic nitrogens is 3. The number of rotatable bonds is 8. The lowest BCUT2D eigenvalue weighted by atomic mass is 10.2. The van der Waals surface area contributed by atoms with Crippen LogP contribution in [-0.2, 0) is 13.0 Å². The van der Waals surface area contributed by atoms with Crippen molar-refractivity contribution in [1.82, 2.24) is 14.8 Å². The summed E-state index contributed by atoms with van der Waals surface area (Å²) in [5, 5.41) is 4.70. The van der Waals surface area contributed by atoms with Gasteiger partial charge in [-0.1, -0.05) is 63.4 Å². The fraction of sp³-hybridized carbons (Fsp3) is 0.529. The number of unbranched alkanes of at least 4 members (excludes halogenated alkanes) is 3.